The van der Waals surface area contributed by atoms with E-state index >= 15 is 0 Å². The van der Waals surface area contributed by atoms with E-state index in [2.05, 4.69) is 51.8 Å². The third-order valence-corrected chi connectivity index (χ3v) is 4.46. The molecule has 128 valence electrons. The zero-order valence-corrected chi connectivity index (χ0v) is 14.3. The lowest BCUT2D eigenvalue weighted by Gasteiger charge is -2.17. The molecule has 1 saturated heterocycles. The number of carbonyl (C=O) groups is 1. The molecule has 6 nitrogen and oxygen atoms in total. The standard InChI is InChI=1S/C18H25N5O/c1-14-10-23(12-15-6-4-3-5-7-15)13-17(14)21-18(24)19-8-16-9-20-22(2)11-16/h3-7,9,11,14,17H,8,10,12-13H2,1-2H3,(H2,19,21,24)/t14-,17-/m1/s1. The molecule has 6 heteroatoms. The Morgan fingerprint density at radius 3 is 2.75 bits per heavy atom. The zero-order valence-electron chi connectivity index (χ0n) is 14.3. The van der Waals surface area contributed by atoms with Crippen molar-refractivity contribution in [1.29, 1.82) is 0 Å². The summed E-state index contributed by atoms with van der Waals surface area (Å²) in [6.07, 6.45) is 3.67. The van der Waals surface area contributed by atoms with Gasteiger partial charge in [0.2, 0.25) is 0 Å². The second-order valence-electron chi connectivity index (χ2n) is 6.61. The van der Waals surface area contributed by atoms with Crippen LogP contribution in [-0.2, 0) is 20.1 Å². The van der Waals surface area contributed by atoms with Crippen molar-refractivity contribution >= 4 is 6.03 Å². The van der Waals surface area contributed by atoms with Crippen LogP contribution in [0.15, 0.2) is 42.7 Å². The van der Waals surface area contributed by atoms with Crippen molar-refractivity contribution in [2.45, 2.75) is 26.1 Å². The molecule has 1 fully saturated rings. The number of amides is 2. The number of benzene rings is 1. The van der Waals surface area contributed by atoms with Crippen molar-refractivity contribution in [3.8, 4) is 0 Å². The van der Waals surface area contributed by atoms with Gasteiger partial charge in [0.15, 0.2) is 0 Å². The van der Waals surface area contributed by atoms with E-state index in [1.165, 1.54) is 5.56 Å². The van der Waals surface area contributed by atoms with Gasteiger partial charge in [-0.25, -0.2) is 4.79 Å². The lowest BCUT2D eigenvalue weighted by Crippen LogP contribution is -2.45. The molecule has 0 bridgehead atoms. The number of likely N-dealkylation sites (tertiary alicyclic amines) is 1. The van der Waals surface area contributed by atoms with E-state index in [1.807, 2.05) is 19.3 Å². The van der Waals surface area contributed by atoms with Gasteiger partial charge in [-0.3, -0.25) is 9.58 Å². The van der Waals surface area contributed by atoms with Crippen LogP contribution in [-0.4, -0.2) is 39.8 Å². The van der Waals surface area contributed by atoms with Crippen LogP contribution in [0.5, 0.6) is 0 Å². The first kappa shape index (κ1) is 16.5. The molecule has 2 N–H and O–H groups in total. The predicted octanol–water partition coefficient (Wildman–Crippen LogP) is 1.74. The molecule has 0 spiro atoms. The summed E-state index contributed by atoms with van der Waals surface area (Å²) in [5.41, 5.74) is 2.31. The van der Waals surface area contributed by atoms with Crippen molar-refractivity contribution in [3.63, 3.8) is 0 Å². The lowest BCUT2D eigenvalue weighted by molar-refractivity contribution is 0.234. The summed E-state index contributed by atoms with van der Waals surface area (Å²) in [6.45, 7) is 5.51. The fourth-order valence-corrected chi connectivity index (χ4v) is 3.19. The summed E-state index contributed by atoms with van der Waals surface area (Å²) in [4.78, 5) is 14.5. The summed E-state index contributed by atoms with van der Waals surface area (Å²) in [7, 11) is 1.87. The highest BCUT2D eigenvalue weighted by molar-refractivity contribution is 5.74. The maximum Gasteiger partial charge on any atom is 0.315 e. The minimum Gasteiger partial charge on any atom is -0.334 e. The van der Waals surface area contributed by atoms with E-state index in [9.17, 15) is 4.79 Å². The van der Waals surface area contributed by atoms with Gasteiger partial charge in [-0.15, -0.1) is 0 Å². The first-order valence-corrected chi connectivity index (χ1v) is 8.38. The van der Waals surface area contributed by atoms with Gasteiger partial charge in [0.1, 0.15) is 0 Å². The fraction of sp³-hybridized carbons (Fsp3) is 0.444. The minimum absolute atomic E-state index is 0.114. The van der Waals surface area contributed by atoms with Crippen molar-refractivity contribution in [2.24, 2.45) is 13.0 Å². The van der Waals surface area contributed by atoms with E-state index in [1.54, 1.807) is 10.9 Å². The highest BCUT2D eigenvalue weighted by Gasteiger charge is 2.30. The van der Waals surface area contributed by atoms with Crippen molar-refractivity contribution < 1.29 is 4.79 Å². The topological polar surface area (TPSA) is 62.2 Å². The molecule has 0 unspecified atom stereocenters. The van der Waals surface area contributed by atoms with Crippen LogP contribution in [0.4, 0.5) is 4.79 Å². The Morgan fingerprint density at radius 2 is 2.04 bits per heavy atom. The number of hydrogen-bond donors (Lipinski definition) is 2. The molecule has 1 aliphatic rings. The molecule has 24 heavy (non-hydrogen) atoms. The normalized spacial score (nSPS) is 20.9. The average molecular weight is 327 g/mol. The molecule has 0 aliphatic carbocycles. The Labute approximate surface area is 142 Å². The molecule has 0 saturated carbocycles. The maximum atomic E-state index is 12.1. The number of rotatable bonds is 5. The largest absolute Gasteiger partial charge is 0.334 e. The van der Waals surface area contributed by atoms with E-state index in [4.69, 9.17) is 0 Å². The number of nitrogens with one attached hydrogen (secondary N) is 2. The smallest absolute Gasteiger partial charge is 0.315 e. The van der Waals surface area contributed by atoms with Gasteiger partial charge in [-0.2, -0.15) is 5.10 Å². The van der Waals surface area contributed by atoms with Gasteiger partial charge in [0, 0.05) is 51.0 Å². The van der Waals surface area contributed by atoms with Crippen LogP contribution < -0.4 is 10.6 Å². The van der Waals surface area contributed by atoms with Crippen molar-refractivity contribution in [2.75, 3.05) is 13.1 Å². The highest BCUT2D eigenvalue weighted by Crippen LogP contribution is 2.18. The summed E-state index contributed by atoms with van der Waals surface area (Å²) in [6, 6.07) is 10.5. The van der Waals surface area contributed by atoms with Crippen molar-refractivity contribution in [1.82, 2.24) is 25.3 Å². The third kappa shape index (κ3) is 4.35. The quantitative estimate of drug-likeness (QED) is 0.879. The Kier molecular flexibility index (Phi) is 5.15. The van der Waals surface area contributed by atoms with E-state index in [-0.39, 0.29) is 12.1 Å². The van der Waals surface area contributed by atoms with Crippen LogP contribution in [0.25, 0.3) is 0 Å². The second-order valence-corrected chi connectivity index (χ2v) is 6.61. The number of nitrogens with zero attached hydrogens (tertiary/aromatic N) is 3. The summed E-state index contributed by atoms with van der Waals surface area (Å²) < 4.78 is 1.73. The number of aromatic nitrogens is 2. The molecule has 2 atom stereocenters. The lowest BCUT2D eigenvalue weighted by atomic mass is 10.1. The molecular weight excluding hydrogens is 302 g/mol. The first-order valence-electron chi connectivity index (χ1n) is 8.38. The molecule has 3 rings (SSSR count). The number of aryl methyl sites for hydroxylation is 1. The Hall–Kier alpha value is -2.34. The first-order chi connectivity index (χ1) is 11.6. The summed E-state index contributed by atoms with van der Waals surface area (Å²) in [5.74, 6) is 0.442. The van der Waals surface area contributed by atoms with Crippen LogP contribution >= 0.6 is 0 Å². The van der Waals surface area contributed by atoms with Crippen molar-refractivity contribution in [3.05, 3.63) is 53.9 Å². The van der Waals surface area contributed by atoms with Gasteiger partial charge in [-0.05, 0) is 11.5 Å². The summed E-state index contributed by atoms with van der Waals surface area (Å²) in [5, 5.41) is 10.1. The van der Waals surface area contributed by atoms with Gasteiger partial charge < -0.3 is 10.6 Å². The average Bonchev–Trinajstić information content (AvgIpc) is 3.12. The van der Waals surface area contributed by atoms with Crippen LogP contribution in [0.2, 0.25) is 0 Å². The molecule has 1 aliphatic heterocycles. The molecule has 1 aromatic heterocycles. The van der Waals surface area contributed by atoms with E-state index in [0.717, 1.165) is 25.2 Å². The number of urea groups is 1. The molecule has 2 heterocycles. The Morgan fingerprint density at radius 1 is 1.25 bits per heavy atom. The molecule has 2 aromatic rings. The van der Waals surface area contributed by atoms with Gasteiger partial charge in [-0.1, -0.05) is 37.3 Å². The fourth-order valence-electron chi connectivity index (χ4n) is 3.19. The van der Waals surface area contributed by atoms with Crippen LogP contribution in [0, 0.1) is 5.92 Å². The van der Waals surface area contributed by atoms with E-state index < -0.39 is 0 Å². The highest BCUT2D eigenvalue weighted by atomic mass is 16.2. The second kappa shape index (κ2) is 7.49. The van der Waals surface area contributed by atoms with Crippen LogP contribution in [0.1, 0.15) is 18.1 Å². The SMILES string of the molecule is C[C@@H]1CN(Cc2ccccc2)C[C@H]1NC(=O)NCc1cnn(C)c1. The maximum absolute atomic E-state index is 12.1. The third-order valence-electron chi connectivity index (χ3n) is 4.46. The number of carbonyl (C=O) groups excluding carboxylic acids is 1. The Bertz CT molecular complexity index is 669. The molecule has 1 aromatic carbocycles. The Balaban J connectivity index is 1.45. The zero-order chi connectivity index (χ0) is 16.9. The van der Waals surface area contributed by atoms with Crippen LogP contribution in [0.3, 0.4) is 0 Å². The summed E-state index contributed by atoms with van der Waals surface area (Å²) >= 11 is 0. The van der Waals surface area contributed by atoms with E-state index in [0.29, 0.717) is 12.5 Å². The van der Waals surface area contributed by atoms with Gasteiger partial charge >= 0.3 is 6.03 Å². The van der Waals surface area contributed by atoms with Gasteiger partial charge in [0.05, 0.1) is 6.20 Å². The molecular formula is C18H25N5O. The molecule has 0 radical (unpaired) electrons. The number of hydrogen-bond acceptors (Lipinski definition) is 3. The molecule has 2 amide bonds. The predicted molar refractivity (Wildman–Crippen MR) is 93.3 cm³/mol. The van der Waals surface area contributed by atoms with Gasteiger partial charge in [0.25, 0.3) is 0 Å². The minimum atomic E-state index is -0.114. The monoisotopic (exact) mass is 327 g/mol.